The Morgan fingerprint density at radius 1 is 1.08 bits per heavy atom. The number of aromatic amines is 1. The van der Waals surface area contributed by atoms with Crippen LogP contribution in [0.3, 0.4) is 0 Å². The number of H-pyrrole nitrogens is 1. The van der Waals surface area contributed by atoms with E-state index in [1.54, 1.807) is 30.3 Å². The van der Waals surface area contributed by atoms with Crippen LogP contribution in [0.5, 0.6) is 5.75 Å². The molecule has 3 N–H and O–H groups in total. The van der Waals surface area contributed by atoms with Crippen LogP contribution in [0.4, 0.5) is 10.2 Å². The van der Waals surface area contributed by atoms with E-state index < -0.39 is 28.6 Å². The number of ether oxygens (including phenoxy) is 1. The van der Waals surface area contributed by atoms with Gasteiger partial charge in [-0.2, -0.15) is 9.40 Å². The van der Waals surface area contributed by atoms with Crippen LogP contribution in [0.15, 0.2) is 77.7 Å². The van der Waals surface area contributed by atoms with Crippen molar-refractivity contribution in [1.29, 1.82) is 0 Å². The zero-order valence-electron chi connectivity index (χ0n) is 20.4. The van der Waals surface area contributed by atoms with Crippen LogP contribution in [0.2, 0.25) is 0 Å². The molecule has 1 amide bonds. The van der Waals surface area contributed by atoms with Crippen LogP contribution < -0.4 is 14.8 Å². The second-order valence-electron chi connectivity index (χ2n) is 8.72. The number of nitrogens with two attached hydrogens (primary N) is 1. The lowest BCUT2D eigenvalue weighted by atomic mass is 10.1. The van der Waals surface area contributed by atoms with Gasteiger partial charge in [-0.05, 0) is 62.1 Å². The third-order valence-electron chi connectivity index (χ3n) is 5.88. The van der Waals surface area contributed by atoms with Gasteiger partial charge >= 0.3 is 0 Å². The highest BCUT2D eigenvalue weighted by atomic mass is 32.2. The number of unbranched alkanes of at least 4 members (excludes halogenated alkanes) is 1. The summed E-state index contributed by atoms with van der Waals surface area (Å²) in [5.41, 5.74) is 8.46. The highest BCUT2D eigenvalue weighted by Crippen LogP contribution is 2.32. The predicted octanol–water partition coefficient (Wildman–Crippen LogP) is 4.29. The molecule has 0 bridgehead atoms. The Morgan fingerprint density at radius 3 is 2.51 bits per heavy atom. The van der Waals surface area contributed by atoms with E-state index in [1.165, 1.54) is 12.1 Å². The van der Waals surface area contributed by atoms with Gasteiger partial charge in [-0.15, -0.1) is 0 Å². The van der Waals surface area contributed by atoms with E-state index in [0.29, 0.717) is 40.4 Å². The van der Waals surface area contributed by atoms with E-state index in [2.05, 4.69) is 10.2 Å². The number of amides is 1. The maximum absolute atomic E-state index is 13.8. The zero-order chi connectivity index (χ0) is 26.4. The maximum Gasteiger partial charge on any atom is 0.272 e. The van der Waals surface area contributed by atoms with Crippen molar-refractivity contribution in [2.45, 2.75) is 37.1 Å². The molecule has 3 aromatic carbocycles. The van der Waals surface area contributed by atoms with Gasteiger partial charge in [0.15, 0.2) is 5.82 Å². The van der Waals surface area contributed by atoms with Gasteiger partial charge in [-0.25, -0.2) is 8.42 Å². The van der Waals surface area contributed by atoms with Crippen molar-refractivity contribution >= 4 is 32.7 Å². The topological polar surface area (TPSA) is 118 Å². The van der Waals surface area contributed by atoms with Gasteiger partial charge in [0, 0.05) is 5.39 Å². The number of benzene rings is 3. The van der Waals surface area contributed by atoms with Gasteiger partial charge < -0.3 is 10.5 Å². The average molecular weight is 525 g/mol. The number of rotatable bonds is 11. The molecule has 194 valence electrons. The first-order chi connectivity index (χ1) is 17.8. The Labute approximate surface area is 215 Å². The second-order valence-corrected chi connectivity index (χ2v) is 10.5. The Hall–Kier alpha value is -3.76. The normalized spacial score (nSPS) is 12.4. The van der Waals surface area contributed by atoms with Crippen molar-refractivity contribution in [3.05, 3.63) is 83.9 Å². The van der Waals surface area contributed by atoms with E-state index >= 15 is 0 Å². The monoisotopic (exact) mass is 524 g/mol. The molecule has 8 nitrogen and oxygen atoms in total. The molecule has 0 aliphatic carbocycles. The minimum Gasteiger partial charge on any atom is -0.494 e. The number of carbonyl (C=O) groups excluding carboxylic acids is 1. The third-order valence-corrected chi connectivity index (χ3v) is 7.58. The van der Waals surface area contributed by atoms with Crippen molar-refractivity contribution in [3.8, 4) is 5.75 Å². The van der Waals surface area contributed by atoms with Crippen LogP contribution in [-0.2, 0) is 21.2 Å². The van der Waals surface area contributed by atoms with Crippen LogP contribution in [0.1, 0.15) is 24.0 Å². The molecule has 4 aromatic rings. The Balaban J connectivity index is 1.76. The molecule has 0 fully saturated rings. The van der Waals surface area contributed by atoms with Gasteiger partial charge in [0.2, 0.25) is 0 Å². The number of hydrogen-bond donors (Lipinski definition) is 2. The molecule has 1 heterocycles. The van der Waals surface area contributed by atoms with E-state index in [9.17, 15) is 17.6 Å². The van der Waals surface area contributed by atoms with Crippen molar-refractivity contribution in [2.24, 2.45) is 5.73 Å². The fraction of sp³-hybridized carbons (Fsp3) is 0.259. The molecule has 0 aliphatic heterocycles. The summed E-state index contributed by atoms with van der Waals surface area (Å²) in [5, 5.41) is 7.37. The summed E-state index contributed by atoms with van der Waals surface area (Å²) >= 11 is 0. The first-order valence-corrected chi connectivity index (χ1v) is 13.4. The quantitative estimate of drug-likeness (QED) is 0.283. The van der Waals surface area contributed by atoms with Crippen LogP contribution >= 0.6 is 0 Å². The van der Waals surface area contributed by atoms with Crippen LogP contribution in [0.25, 0.3) is 10.9 Å². The molecule has 0 aliphatic rings. The highest BCUT2D eigenvalue weighted by Gasteiger charge is 2.37. The fourth-order valence-corrected chi connectivity index (χ4v) is 5.30. The standard InChI is InChI=1S/C27H29FN4O4S/c1-19-9-12-22(13-10-19)37(34,35)32(27(33)24(29)17-20-7-3-2-4-8-20)26-23-18-21(36-16-6-5-15-28)11-14-25(23)30-31-26/h2-4,7-14,18,24H,5-6,15-17,29H2,1H3,(H,30,31)/t24-/m0/s1. The maximum atomic E-state index is 13.8. The first-order valence-electron chi connectivity index (χ1n) is 11.9. The zero-order valence-corrected chi connectivity index (χ0v) is 21.2. The second kappa shape index (κ2) is 11.5. The van der Waals surface area contributed by atoms with Gasteiger partial charge in [-0.3, -0.25) is 14.3 Å². The third kappa shape index (κ3) is 5.98. The molecule has 0 unspecified atom stereocenters. The molecule has 4 rings (SSSR count). The molecule has 0 spiro atoms. The summed E-state index contributed by atoms with van der Waals surface area (Å²) < 4.78 is 46.5. The van der Waals surface area contributed by atoms with E-state index in [4.69, 9.17) is 10.5 Å². The number of anilines is 1. The van der Waals surface area contributed by atoms with Gasteiger partial charge in [0.25, 0.3) is 15.9 Å². The number of hydrogen-bond acceptors (Lipinski definition) is 6. The predicted molar refractivity (Wildman–Crippen MR) is 141 cm³/mol. The number of nitrogens with one attached hydrogen (secondary N) is 1. The Bertz CT molecular complexity index is 1460. The number of alkyl halides is 1. The lowest BCUT2D eigenvalue weighted by molar-refractivity contribution is -0.118. The van der Waals surface area contributed by atoms with Crippen molar-refractivity contribution in [3.63, 3.8) is 0 Å². The van der Waals surface area contributed by atoms with Crippen molar-refractivity contribution in [1.82, 2.24) is 10.2 Å². The SMILES string of the molecule is Cc1ccc(S(=O)(=O)N(C(=O)[C@@H](N)Cc2ccccc2)c2n[nH]c3ccc(OCCCCF)cc23)cc1. The summed E-state index contributed by atoms with van der Waals surface area (Å²) in [4.78, 5) is 13.6. The lowest BCUT2D eigenvalue weighted by Crippen LogP contribution is -2.48. The first kappa shape index (κ1) is 26.3. The number of aryl methyl sites for hydroxylation is 1. The number of halogens is 1. The largest absolute Gasteiger partial charge is 0.494 e. The minimum absolute atomic E-state index is 0.0619. The molecule has 0 radical (unpaired) electrons. The average Bonchev–Trinajstić information content (AvgIpc) is 3.30. The van der Waals surface area contributed by atoms with E-state index in [0.717, 1.165) is 11.1 Å². The number of nitrogens with zero attached hydrogens (tertiary/aromatic N) is 2. The van der Waals surface area contributed by atoms with Gasteiger partial charge in [0.05, 0.1) is 29.7 Å². The molecular formula is C27H29FN4O4S. The summed E-state index contributed by atoms with van der Waals surface area (Å²) in [5.74, 6) is -0.465. The summed E-state index contributed by atoms with van der Waals surface area (Å²) in [6, 6.07) is 19.2. The number of carbonyl (C=O) groups is 1. The Morgan fingerprint density at radius 2 is 1.81 bits per heavy atom. The smallest absolute Gasteiger partial charge is 0.272 e. The minimum atomic E-state index is -4.37. The molecule has 0 saturated carbocycles. The van der Waals surface area contributed by atoms with E-state index in [1.807, 2.05) is 37.3 Å². The highest BCUT2D eigenvalue weighted by molar-refractivity contribution is 7.93. The molecule has 1 atom stereocenters. The molecule has 37 heavy (non-hydrogen) atoms. The van der Waals surface area contributed by atoms with Crippen molar-refractivity contribution < 1.29 is 22.3 Å². The van der Waals surface area contributed by atoms with Crippen LogP contribution in [-0.4, -0.2) is 43.8 Å². The summed E-state index contributed by atoms with van der Waals surface area (Å²) in [6.45, 7) is 1.71. The summed E-state index contributed by atoms with van der Waals surface area (Å²) in [6.07, 6.45) is 1.06. The lowest BCUT2D eigenvalue weighted by Gasteiger charge is -2.24. The van der Waals surface area contributed by atoms with Gasteiger partial charge in [0.1, 0.15) is 5.75 Å². The Kier molecular flexibility index (Phi) is 8.20. The molecule has 0 saturated heterocycles. The number of fused-ring (bicyclic) bond motifs is 1. The molecule has 1 aromatic heterocycles. The van der Waals surface area contributed by atoms with Crippen molar-refractivity contribution in [2.75, 3.05) is 17.6 Å². The fourth-order valence-electron chi connectivity index (χ4n) is 3.87. The number of aromatic nitrogens is 2. The molecular weight excluding hydrogens is 495 g/mol. The van der Waals surface area contributed by atoms with Crippen LogP contribution in [0, 0.1) is 6.92 Å². The van der Waals surface area contributed by atoms with E-state index in [-0.39, 0.29) is 17.1 Å². The number of sulfonamides is 1. The molecule has 10 heteroatoms. The summed E-state index contributed by atoms with van der Waals surface area (Å²) in [7, 11) is -4.37. The van der Waals surface area contributed by atoms with Gasteiger partial charge in [-0.1, -0.05) is 48.0 Å².